The lowest BCUT2D eigenvalue weighted by molar-refractivity contribution is 0.0884. The molecule has 4 heterocycles. The van der Waals surface area contributed by atoms with Gasteiger partial charge in [0.15, 0.2) is 0 Å². The van der Waals surface area contributed by atoms with E-state index in [4.69, 9.17) is 0 Å². The van der Waals surface area contributed by atoms with Gasteiger partial charge in [0, 0.05) is 30.0 Å². The Balaban J connectivity index is 1.56. The van der Waals surface area contributed by atoms with E-state index in [-0.39, 0.29) is 5.91 Å². The highest BCUT2D eigenvalue weighted by Crippen LogP contribution is 2.34. The third kappa shape index (κ3) is 2.45. The molecule has 2 aromatic rings. The fraction of sp³-hybridized carbons (Fsp3) is 0.526. The summed E-state index contributed by atoms with van der Waals surface area (Å²) in [6.45, 7) is 2.13. The van der Waals surface area contributed by atoms with Crippen molar-refractivity contribution in [3.63, 3.8) is 0 Å². The molecule has 0 spiro atoms. The number of amides is 1. The Bertz CT molecular complexity index is 721. The minimum Gasteiger partial charge on any atom is -0.349 e. The molecule has 1 amide bonds. The SMILES string of the molecule is CCc1cc(C(=O)NC2CC3CCC(C2)N3C)c2ccccn12. The van der Waals surface area contributed by atoms with Crippen LogP contribution in [0.3, 0.4) is 0 Å². The molecule has 0 saturated carbocycles. The first-order chi connectivity index (χ1) is 11.2. The molecular weight excluding hydrogens is 286 g/mol. The highest BCUT2D eigenvalue weighted by atomic mass is 16.1. The number of aryl methyl sites for hydroxylation is 1. The van der Waals surface area contributed by atoms with E-state index in [0.29, 0.717) is 18.1 Å². The van der Waals surface area contributed by atoms with Gasteiger partial charge in [0.05, 0.1) is 11.1 Å². The van der Waals surface area contributed by atoms with Crippen LogP contribution in [-0.2, 0) is 6.42 Å². The fourth-order valence-corrected chi connectivity index (χ4v) is 4.47. The van der Waals surface area contributed by atoms with E-state index in [1.807, 2.05) is 30.5 Å². The number of fused-ring (bicyclic) bond motifs is 3. The largest absolute Gasteiger partial charge is 0.349 e. The van der Waals surface area contributed by atoms with Crippen LogP contribution in [0.2, 0.25) is 0 Å². The maximum atomic E-state index is 12.8. The topological polar surface area (TPSA) is 36.8 Å². The number of carbonyl (C=O) groups is 1. The lowest BCUT2D eigenvalue weighted by Crippen LogP contribution is -2.48. The van der Waals surface area contributed by atoms with Gasteiger partial charge in [-0.1, -0.05) is 13.0 Å². The molecule has 0 radical (unpaired) electrons. The van der Waals surface area contributed by atoms with Gasteiger partial charge in [-0.2, -0.15) is 0 Å². The Kier molecular flexibility index (Phi) is 3.64. The van der Waals surface area contributed by atoms with Gasteiger partial charge in [-0.3, -0.25) is 4.79 Å². The van der Waals surface area contributed by atoms with Crippen LogP contribution >= 0.6 is 0 Å². The summed E-state index contributed by atoms with van der Waals surface area (Å²) in [4.78, 5) is 15.3. The fourth-order valence-electron chi connectivity index (χ4n) is 4.47. The average molecular weight is 311 g/mol. The molecule has 2 fully saturated rings. The molecule has 4 nitrogen and oxygen atoms in total. The second-order valence-electron chi connectivity index (χ2n) is 7.05. The number of nitrogens with zero attached hydrogens (tertiary/aromatic N) is 2. The number of hydrogen-bond donors (Lipinski definition) is 1. The van der Waals surface area contributed by atoms with Crippen molar-refractivity contribution in [3.05, 3.63) is 41.7 Å². The molecular formula is C19H25N3O. The van der Waals surface area contributed by atoms with Crippen molar-refractivity contribution < 1.29 is 4.79 Å². The van der Waals surface area contributed by atoms with E-state index < -0.39 is 0 Å². The minimum absolute atomic E-state index is 0.0855. The number of pyridine rings is 1. The van der Waals surface area contributed by atoms with Gasteiger partial charge in [0.2, 0.25) is 0 Å². The second kappa shape index (κ2) is 5.68. The number of rotatable bonds is 3. The molecule has 0 aromatic carbocycles. The first kappa shape index (κ1) is 14.8. The van der Waals surface area contributed by atoms with Crippen molar-refractivity contribution in [1.29, 1.82) is 0 Å². The highest BCUT2D eigenvalue weighted by Gasteiger charge is 2.38. The zero-order valence-corrected chi connectivity index (χ0v) is 14.0. The van der Waals surface area contributed by atoms with Crippen molar-refractivity contribution in [2.45, 2.75) is 57.2 Å². The second-order valence-corrected chi connectivity index (χ2v) is 7.05. The summed E-state index contributed by atoms with van der Waals surface area (Å²) in [6.07, 6.45) is 7.71. The number of hydrogen-bond acceptors (Lipinski definition) is 2. The quantitative estimate of drug-likeness (QED) is 0.946. The molecule has 2 aliphatic heterocycles. The van der Waals surface area contributed by atoms with Crippen molar-refractivity contribution in [3.8, 4) is 0 Å². The van der Waals surface area contributed by atoms with Gasteiger partial charge in [-0.15, -0.1) is 0 Å². The zero-order valence-electron chi connectivity index (χ0n) is 14.0. The molecule has 2 aliphatic rings. The molecule has 4 rings (SSSR count). The third-order valence-corrected chi connectivity index (χ3v) is 5.80. The summed E-state index contributed by atoms with van der Waals surface area (Å²) in [7, 11) is 2.23. The van der Waals surface area contributed by atoms with E-state index >= 15 is 0 Å². The third-order valence-electron chi connectivity index (χ3n) is 5.80. The molecule has 2 unspecified atom stereocenters. The summed E-state index contributed by atoms with van der Waals surface area (Å²) in [5.74, 6) is 0.0855. The first-order valence-corrected chi connectivity index (χ1v) is 8.79. The van der Waals surface area contributed by atoms with Gasteiger partial charge in [0.1, 0.15) is 0 Å². The van der Waals surface area contributed by atoms with Crippen LogP contribution < -0.4 is 5.32 Å². The standard InChI is InChI=1S/C19H25N3O/c1-3-14-12-17(18-6-4-5-9-22(14)18)19(23)20-13-10-15-7-8-16(11-13)21(15)2/h4-6,9,12-13,15-16H,3,7-8,10-11H2,1-2H3,(H,20,23). The zero-order chi connectivity index (χ0) is 16.0. The summed E-state index contributed by atoms with van der Waals surface area (Å²) in [6, 6.07) is 9.72. The number of piperidine rings is 1. The van der Waals surface area contributed by atoms with Crippen LogP contribution in [0.4, 0.5) is 0 Å². The Morgan fingerprint density at radius 1 is 1.26 bits per heavy atom. The van der Waals surface area contributed by atoms with E-state index in [1.54, 1.807) is 0 Å². The number of carbonyl (C=O) groups excluding carboxylic acids is 1. The van der Waals surface area contributed by atoms with Gasteiger partial charge in [-0.05, 0) is 57.4 Å². The highest BCUT2D eigenvalue weighted by molar-refractivity contribution is 6.01. The predicted molar refractivity (Wildman–Crippen MR) is 91.8 cm³/mol. The summed E-state index contributed by atoms with van der Waals surface area (Å²) < 4.78 is 2.13. The Morgan fingerprint density at radius 2 is 2.00 bits per heavy atom. The van der Waals surface area contributed by atoms with Crippen LogP contribution in [0.25, 0.3) is 5.52 Å². The number of aromatic nitrogens is 1. The van der Waals surface area contributed by atoms with Crippen molar-refractivity contribution in [1.82, 2.24) is 14.6 Å². The summed E-state index contributed by atoms with van der Waals surface area (Å²) >= 11 is 0. The molecule has 0 aliphatic carbocycles. The molecule has 2 atom stereocenters. The number of nitrogens with one attached hydrogen (secondary N) is 1. The molecule has 2 saturated heterocycles. The van der Waals surface area contributed by atoms with E-state index in [0.717, 1.165) is 30.3 Å². The summed E-state index contributed by atoms with van der Waals surface area (Å²) in [5, 5.41) is 3.31. The van der Waals surface area contributed by atoms with Crippen LogP contribution in [0.15, 0.2) is 30.5 Å². The Morgan fingerprint density at radius 3 is 2.70 bits per heavy atom. The molecule has 1 N–H and O–H groups in total. The van der Waals surface area contributed by atoms with Crippen molar-refractivity contribution in [2.75, 3.05) is 7.05 Å². The van der Waals surface area contributed by atoms with Crippen LogP contribution in [-0.4, -0.2) is 40.4 Å². The van der Waals surface area contributed by atoms with E-state index in [1.165, 1.54) is 18.5 Å². The summed E-state index contributed by atoms with van der Waals surface area (Å²) in [5.41, 5.74) is 3.01. The van der Waals surface area contributed by atoms with Crippen LogP contribution in [0.5, 0.6) is 0 Å². The van der Waals surface area contributed by atoms with Gasteiger partial charge < -0.3 is 14.6 Å². The Labute approximate surface area is 137 Å². The maximum Gasteiger partial charge on any atom is 0.253 e. The molecule has 23 heavy (non-hydrogen) atoms. The average Bonchev–Trinajstić information content (AvgIpc) is 3.01. The van der Waals surface area contributed by atoms with E-state index in [9.17, 15) is 4.79 Å². The van der Waals surface area contributed by atoms with Gasteiger partial charge >= 0.3 is 0 Å². The molecule has 2 bridgehead atoms. The van der Waals surface area contributed by atoms with Crippen LogP contribution in [0, 0.1) is 0 Å². The lowest BCUT2D eigenvalue weighted by Gasteiger charge is -2.36. The molecule has 122 valence electrons. The van der Waals surface area contributed by atoms with Crippen molar-refractivity contribution in [2.24, 2.45) is 0 Å². The van der Waals surface area contributed by atoms with E-state index in [2.05, 4.69) is 28.6 Å². The van der Waals surface area contributed by atoms with Crippen molar-refractivity contribution >= 4 is 11.4 Å². The predicted octanol–water partition coefficient (Wildman–Crippen LogP) is 2.86. The smallest absolute Gasteiger partial charge is 0.253 e. The maximum absolute atomic E-state index is 12.8. The minimum atomic E-state index is 0.0855. The molecule has 2 aromatic heterocycles. The van der Waals surface area contributed by atoms with Gasteiger partial charge in [-0.25, -0.2) is 0 Å². The lowest BCUT2D eigenvalue weighted by atomic mass is 9.97. The normalized spacial score (nSPS) is 27.5. The van der Waals surface area contributed by atoms with Gasteiger partial charge in [0.25, 0.3) is 5.91 Å². The first-order valence-electron chi connectivity index (χ1n) is 8.79. The monoisotopic (exact) mass is 311 g/mol. The Hall–Kier alpha value is -1.81. The molecule has 4 heteroatoms. The van der Waals surface area contributed by atoms with Crippen LogP contribution in [0.1, 0.15) is 48.7 Å².